The van der Waals surface area contributed by atoms with E-state index in [2.05, 4.69) is 15.5 Å². The number of amides is 6. The fourth-order valence-electron chi connectivity index (χ4n) is 4.77. The smallest absolute Gasteiger partial charge is 0.404 e. The Morgan fingerprint density at radius 3 is 2.54 bits per heavy atom. The number of nitrogens with two attached hydrogens (primary N) is 1. The Hall–Kier alpha value is -4.04. The Morgan fingerprint density at radius 2 is 1.82 bits per heavy atom. The fraction of sp³-hybridized carbons (Fsp3) is 0.520. The molecule has 6 amide bonds. The molecule has 2 saturated heterocycles. The first-order chi connectivity index (χ1) is 18.7. The second-order valence-electron chi connectivity index (χ2n) is 9.35. The lowest BCUT2D eigenvalue weighted by Gasteiger charge is -2.31. The highest BCUT2D eigenvalue weighted by Gasteiger charge is 2.46. The molecule has 14 heteroatoms. The number of nitrogens with zero attached hydrogens (tertiary/aromatic N) is 2. The first kappa shape index (κ1) is 28.0. The maximum atomic E-state index is 13.1. The van der Waals surface area contributed by atoms with Gasteiger partial charge in [-0.15, -0.1) is 0 Å². The molecule has 0 bridgehead atoms. The molecule has 39 heavy (non-hydrogen) atoms. The highest BCUT2D eigenvalue weighted by molar-refractivity contribution is 6.24. The third kappa shape index (κ3) is 6.89. The van der Waals surface area contributed by atoms with E-state index in [1.807, 2.05) is 0 Å². The molecular formula is C25H31N5O9. The molecule has 1 unspecified atom stereocenters. The predicted octanol–water partition coefficient (Wildman–Crippen LogP) is -0.841. The van der Waals surface area contributed by atoms with Crippen LogP contribution in [0.15, 0.2) is 18.2 Å². The maximum absolute atomic E-state index is 13.1. The molecule has 210 valence electrons. The van der Waals surface area contributed by atoms with Crippen LogP contribution in [-0.4, -0.2) is 104 Å². The van der Waals surface area contributed by atoms with Crippen molar-refractivity contribution >= 4 is 35.6 Å². The molecule has 4 rings (SSSR count). The number of likely N-dealkylation sites (tertiary alicyclic amines) is 1. The molecule has 1 atom stereocenters. The van der Waals surface area contributed by atoms with Crippen molar-refractivity contribution < 1.29 is 43.0 Å². The largest absolute Gasteiger partial charge is 0.483 e. The summed E-state index contributed by atoms with van der Waals surface area (Å²) < 4.78 is 16.1. The summed E-state index contributed by atoms with van der Waals surface area (Å²) in [5, 5.41) is 4.81. The van der Waals surface area contributed by atoms with Crippen molar-refractivity contribution in [3.05, 3.63) is 29.3 Å². The number of nitrogens with one attached hydrogen (secondary N) is 2. The second kappa shape index (κ2) is 12.7. The Balaban J connectivity index is 1.17. The monoisotopic (exact) mass is 545 g/mol. The van der Waals surface area contributed by atoms with Crippen LogP contribution in [0.5, 0.6) is 5.75 Å². The zero-order valence-corrected chi connectivity index (χ0v) is 21.3. The first-order valence-electron chi connectivity index (χ1n) is 12.7. The van der Waals surface area contributed by atoms with E-state index in [1.165, 1.54) is 18.2 Å². The number of fused-ring (bicyclic) bond motifs is 1. The molecule has 3 aliphatic heterocycles. The van der Waals surface area contributed by atoms with Gasteiger partial charge >= 0.3 is 6.09 Å². The number of piperidine rings is 2. The molecular weight excluding hydrogens is 514 g/mol. The average Bonchev–Trinajstić information content (AvgIpc) is 3.15. The average molecular weight is 546 g/mol. The number of primary amides is 1. The van der Waals surface area contributed by atoms with Gasteiger partial charge in [-0.3, -0.25) is 34.2 Å². The van der Waals surface area contributed by atoms with E-state index in [0.717, 1.165) is 30.8 Å². The Bertz CT molecular complexity index is 1150. The molecule has 14 nitrogen and oxygen atoms in total. The minimum Gasteiger partial charge on any atom is -0.483 e. The Kier molecular flexibility index (Phi) is 9.09. The van der Waals surface area contributed by atoms with Gasteiger partial charge in [0.2, 0.25) is 11.8 Å². The van der Waals surface area contributed by atoms with Gasteiger partial charge in [-0.1, -0.05) is 6.07 Å². The van der Waals surface area contributed by atoms with Crippen LogP contribution in [-0.2, 0) is 23.9 Å². The van der Waals surface area contributed by atoms with Crippen molar-refractivity contribution in [2.24, 2.45) is 5.73 Å². The summed E-state index contributed by atoms with van der Waals surface area (Å²) in [6, 6.07) is 3.35. The van der Waals surface area contributed by atoms with E-state index in [4.69, 9.17) is 19.9 Å². The van der Waals surface area contributed by atoms with Crippen LogP contribution in [0.25, 0.3) is 0 Å². The number of rotatable bonds is 11. The van der Waals surface area contributed by atoms with Crippen LogP contribution in [0.3, 0.4) is 0 Å². The number of carbonyl (C=O) groups is 6. The summed E-state index contributed by atoms with van der Waals surface area (Å²) in [7, 11) is 0. The van der Waals surface area contributed by atoms with Crippen molar-refractivity contribution in [3.8, 4) is 5.75 Å². The number of hydrogen-bond donors (Lipinski definition) is 3. The van der Waals surface area contributed by atoms with E-state index < -0.39 is 48.3 Å². The third-order valence-corrected chi connectivity index (χ3v) is 6.73. The highest BCUT2D eigenvalue weighted by Crippen LogP contribution is 2.33. The molecule has 0 aliphatic carbocycles. The minimum atomic E-state index is -1.09. The van der Waals surface area contributed by atoms with Crippen LogP contribution < -0.4 is 21.1 Å². The van der Waals surface area contributed by atoms with Crippen molar-refractivity contribution in [1.29, 1.82) is 0 Å². The van der Waals surface area contributed by atoms with Crippen molar-refractivity contribution in [1.82, 2.24) is 20.4 Å². The lowest BCUT2D eigenvalue weighted by molar-refractivity contribution is -0.136. The quantitative estimate of drug-likeness (QED) is 0.234. The van der Waals surface area contributed by atoms with Gasteiger partial charge in [0, 0.05) is 32.6 Å². The molecule has 1 aromatic carbocycles. The zero-order chi connectivity index (χ0) is 27.9. The standard InChI is InChI=1S/C25H31N5O9/c26-25(36)39-15-6-9-29(10-7-15)11-13-37-12-8-27-20(32)14-38-18-3-1-2-16-21(18)24(35)30(23(16)34)17-4-5-19(31)28-22(17)33/h1-3,15,17H,4-14H2,(H2,26,36)(H,27,32)(H,28,31,33). The molecule has 0 aromatic heterocycles. The number of imide groups is 2. The summed E-state index contributed by atoms with van der Waals surface area (Å²) >= 11 is 0. The van der Waals surface area contributed by atoms with E-state index in [-0.39, 0.29) is 42.4 Å². The first-order valence-corrected chi connectivity index (χ1v) is 12.7. The molecule has 3 aliphatic rings. The van der Waals surface area contributed by atoms with Gasteiger partial charge in [0.1, 0.15) is 17.9 Å². The molecule has 1 aromatic rings. The lowest BCUT2D eigenvalue weighted by atomic mass is 10.0. The van der Waals surface area contributed by atoms with Crippen LogP contribution >= 0.6 is 0 Å². The summed E-state index contributed by atoms with van der Waals surface area (Å²) in [4.78, 5) is 75.7. The molecule has 4 N–H and O–H groups in total. The summed E-state index contributed by atoms with van der Waals surface area (Å²) in [6.45, 7) is 2.90. The molecule has 0 radical (unpaired) electrons. The van der Waals surface area contributed by atoms with Crippen LogP contribution in [0, 0.1) is 0 Å². The number of carbonyl (C=O) groups excluding carboxylic acids is 6. The normalized spacial score (nSPS) is 20.0. The summed E-state index contributed by atoms with van der Waals surface area (Å²) in [5.74, 6) is -2.91. The van der Waals surface area contributed by atoms with Crippen molar-refractivity contribution in [2.75, 3.05) is 46.0 Å². The van der Waals surface area contributed by atoms with Crippen LogP contribution in [0.2, 0.25) is 0 Å². The molecule has 2 fully saturated rings. The van der Waals surface area contributed by atoms with Gasteiger partial charge in [0.05, 0.1) is 24.3 Å². The fourth-order valence-corrected chi connectivity index (χ4v) is 4.77. The SMILES string of the molecule is NC(=O)OC1CCN(CCOCCNC(=O)COc2cccc3c2C(=O)N(C2CCC(=O)NC2=O)C3=O)CC1. The van der Waals surface area contributed by atoms with Crippen LogP contribution in [0.4, 0.5) is 4.79 Å². The molecule has 0 saturated carbocycles. The van der Waals surface area contributed by atoms with E-state index in [1.54, 1.807) is 0 Å². The highest BCUT2D eigenvalue weighted by atomic mass is 16.6. The van der Waals surface area contributed by atoms with E-state index >= 15 is 0 Å². The van der Waals surface area contributed by atoms with E-state index in [0.29, 0.717) is 19.8 Å². The minimum absolute atomic E-state index is 0.0174. The number of ether oxygens (including phenoxy) is 3. The topological polar surface area (TPSA) is 187 Å². The zero-order valence-electron chi connectivity index (χ0n) is 21.3. The number of benzene rings is 1. The van der Waals surface area contributed by atoms with Crippen molar-refractivity contribution in [2.45, 2.75) is 37.8 Å². The molecule has 0 spiro atoms. The molecule has 3 heterocycles. The second-order valence-corrected chi connectivity index (χ2v) is 9.35. The van der Waals surface area contributed by atoms with Gasteiger partial charge in [-0.05, 0) is 31.4 Å². The number of hydrogen-bond acceptors (Lipinski definition) is 10. The van der Waals surface area contributed by atoms with Gasteiger partial charge < -0.3 is 30.2 Å². The third-order valence-electron chi connectivity index (χ3n) is 6.73. The van der Waals surface area contributed by atoms with Gasteiger partial charge in [0.25, 0.3) is 17.7 Å². The van der Waals surface area contributed by atoms with E-state index in [9.17, 15) is 28.8 Å². The Morgan fingerprint density at radius 1 is 1.05 bits per heavy atom. The lowest BCUT2D eigenvalue weighted by Crippen LogP contribution is -2.54. The van der Waals surface area contributed by atoms with Gasteiger partial charge in [-0.2, -0.15) is 0 Å². The summed E-state index contributed by atoms with van der Waals surface area (Å²) in [5.41, 5.74) is 5.09. The summed E-state index contributed by atoms with van der Waals surface area (Å²) in [6.07, 6.45) is 0.607. The van der Waals surface area contributed by atoms with Gasteiger partial charge in [-0.25, -0.2) is 4.79 Å². The maximum Gasteiger partial charge on any atom is 0.404 e. The Labute approximate surface area is 224 Å². The predicted molar refractivity (Wildman–Crippen MR) is 133 cm³/mol. The van der Waals surface area contributed by atoms with Gasteiger partial charge in [0.15, 0.2) is 6.61 Å². The van der Waals surface area contributed by atoms with Crippen molar-refractivity contribution in [3.63, 3.8) is 0 Å². The van der Waals surface area contributed by atoms with Crippen LogP contribution in [0.1, 0.15) is 46.4 Å².